The number of amides is 3. The van der Waals surface area contributed by atoms with Gasteiger partial charge in [0.15, 0.2) is 0 Å². The van der Waals surface area contributed by atoms with Gasteiger partial charge < -0.3 is 9.64 Å². The third-order valence-electron chi connectivity index (χ3n) is 8.39. The molecule has 0 N–H and O–H groups in total. The molecule has 192 valence electrons. The second kappa shape index (κ2) is 9.05. The van der Waals surface area contributed by atoms with Crippen molar-refractivity contribution >= 4 is 66.9 Å². The van der Waals surface area contributed by atoms with E-state index in [9.17, 15) is 19.2 Å². The van der Waals surface area contributed by atoms with Crippen LogP contribution >= 0.6 is 31.9 Å². The number of imide groups is 1. The molecule has 2 aromatic rings. The molecule has 0 radical (unpaired) electrons. The molecular formula is C28H26Br2N2O5. The van der Waals surface area contributed by atoms with Crippen LogP contribution in [0.4, 0.5) is 11.4 Å². The average Bonchev–Trinajstić information content (AvgIpc) is 3.58. The van der Waals surface area contributed by atoms with Crippen molar-refractivity contribution in [3.8, 4) is 5.75 Å². The monoisotopic (exact) mass is 628 g/mol. The maximum absolute atomic E-state index is 13.4. The van der Waals surface area contributed by atoms with Crippen LogP contribution in [0.15, 0.2) is 42.5 Å². The Kier molecular flexibility index (Phi) is 6.06. The van der Waals surface area contributed by atoms with Crippen LogP contribution in [-0.2, 0) is 19.2 Å². The lowest BCUT2D eigenvalue weighted by atomic mass is 9.81. The normalized spacial score (nSPS) is 32.4. The Morgan fingerprint density at radius 2 is 1.62 bits per heavy atom. The van der Waals surface area contributed by atoms with Gasteiger partial charge >= 0.3 is 5.97 Å². The lowest BCUT2D eigenvalue weighted by Gasteiger charge is -2.28. The van der Waals surface area contributed by atoms with Crippen LogP contribution in [0.1, 0.15) is 24.0 Å². The van der Waals surface area contributed by atoms with Gasteiger partial charge in [0.25, 0.3) is 0 Å². The number of alkyl halides is 2. The van der Waals surface area contributed by atoms with Crippen molar-refractivity contribution in [3.63, 3.8) is 0 Å². The molecule has 2 saturated heterocycles. The predicted octanol–water partition coefficient (Wildman–Crippen LogP) is 4.54. The highest BCUT2D eigenvalue weighted by Gasteiger charge is 2.66. The van der Waals surface area contributed by atoms with Crippen LogP contribution < -0.4 is 14.5 Å². The second-order valence-electron chi connectivity index (χ2n) is 10.6. The van der Waals surface area contributed by atoms with E-state index in [0.29, 0.717) is 17.0 Å². The van der Waals surface area contributed by atoms with Gasteiger partial charge in [0, 0.05) is 28.3 Å². The quantitative estimate of drug-likeness (QED) is 0.215. The van der Waals surface area contributed by atoms with Crippen molar-refractivity contribution < 1.29 is 23.9 Å². The molecule has 7 nitrogen and oxygen atoms in total. The summed E-state index contributed by atoms with van der Waals surface area (Å²) in [7, 11) is 0. The molecule has 0 unspecified atom stereocenters. The molecule has 2 saturated carbocycles. The fraction of sp³-hybridized carbons (Fsp3) is 0.429. The summed E-state index contributed by atoms with van der Waals surface area (Å²) < 4.78 is 5.63. The van der Waals surface area contributed by atoms with Gasteiger partial charge in [0.1, 0.15) is 5.75 Å². The lowest BCUT2D eigenvalue weighted by molar-refractivity contribution is -0.139. The minimum atomic E-state index is -0.570. The molecule has 0 aromatic heterocycles. The first-order valence-corrected chi connectivity index (χ1v) is 14.3. The topological polar surface area (TPSA) is 84.0 Å². The summed E-state index contributed by atoms with van der Waals surface area (Å²) in [5.41, 5.74) is 3.02. The van der Waals surface area contributed by atoms with E-state index in [0.717, 1.165) is 17.7 Å². The molecule has 4 fully saturated rings. The second-order valence-corrected chi connectivity index (χ2v) is 12.7. The van der Waals surface area contributed by atoms with Gasteiger partial charge in [-0.25, -0.2) is 4.90 Å². The van der Waals surface area contributed by atoms with E-state index in [1.165, 1.54) is 4.90 Å². The summed E-state index contributed by atoms with van der Waals surface area (Å²) in [5, 5.41) is 0. The van der Waals surface area contributed by atoms with Gasteiger partial charge in [-0.2, -0.15) is 0 Å². The summed E-state index contributed by atoms with van der Waals surface area (Å²) >= 11 is 7.44. The number of nitrogens with zero attached hydrogens (tertiary/aromatic N) is 2. The van der Waals surface area contributed by atoms with E-state index in [1.54, 1.807) is 30.0 Å². The number of hydrogen-bond acceptors (Lipinski definition) is 5. The van der Waals surface area contributed by atoms with Gasteiger partial charge in [-0.15, -0.1) is 0 Å². The average molecular weight is 630 g/mol. The third-order valence-corrected chi connectivity index (χ3v) is 11.6. The molecule has 2 aliphatic carbocycles. The highest BCUT2D eigenvalue weighted by atomic mass is 79.9. The first-order chi connectivity index (χ1) is 17.7. The molecule has 2 heterocycles. The Morgan fingerprint density at radius 3 is 2.24 bits per heavy atom. The van der Waals surface area contributed by atoms with Gasteiger partial charge in [-0.1, -0.05) is 44.0 Å². The van der Waals surface area contributed by atoms with E-state index >= 15 is 0 Å². The van der Waals surface area contributed by atoms with Crippen LogP contribution in [0.3, 0.4) is 0 Å². The summed E-state index contributed by atoms with van der Waals surface area (Å²) in [5.74, 6) is -1.38. The zero-order valence-corrected chi connectivity index (χ0v) is 23.6. The molecule has 3 amide bonds. The molecular weight excluding hydrogens is 604 g/mol. The van der Waals surface area contributed by atoms with Crippen molar-refractivity contribution in [2.45, 2.75) is 36.3 Å². The van der Waals surface area contributed by atoms with Crippen molar-refractivity contribution in [2.75, 3.05) is 16.3 Å². The largest absolute Gasteiger partial charge is 0.426 e. The number of hydrogen-bond donors (Lipinski definition) is 0. The Hall–Kier alpha value is -2.52. The van der Waals surface area contributed by atoms with E-state index < -0.39 is 11.9 Å². The smallest absolute Gasteiger partial charge is 0.316 e. The van der Waals surface area contributed by atoms with E-state index in [2.05, 4.69) is 31.9 Å². The summed E-state index contributed by atoms with van der Waals surface area (Å²) in [6.45, 7) is 4.02. The van der Waals surface area contributed by atoms with Gasteiger partial charge in [-0.3, -0.25) is 19.2 Å². The maximum Gasteiger partial charge on any atom is 0.316 e. The fourth-order valence-electron chi connectivity index (χ4n) is 6.64. The molecule has 2 aliphatic heterocycles. The number of aryl methyl sites for hydroxylation is 2. The molecule has 0 spiro atoms. The minimum Gasteiger partial charge on any atom is -0.426 e. The summed E-state index contributed by atoms with van der Waals surface area (Å²) in [6, 6.07) is 12.6. The molecule has 2 bridgehead atoms. The van der Waals surface area contributed by atoms with Crippen LogP contribution in [0.5, 0.6) is 5.75 Å². The molecule has 4 aliphatic rings. The molecule has 9 heteroatoms. The predicted molar refractivity (Wildman–Crippen MR) is 145 cm³/mol. The Morgan fingerprint density at radius 1 is 0.946 bits per heavy atom. The van der Waals surface area contributed by atoms with E-state index in [1.807, 2.05) is 31.2 Å². The SMILES string of the molecule is Cc1cccc(N2C[C@H](C(=O)Oc3ccc(N4C(=O)[C@@H]5[C@H]6C[C@@H]([C@H](Br)[C@H]6Br)[C@H]5C4=O)c(C)c3)CC2=O)c1. The summed E-state index contributed by atoms with van der Waals surface area (Å²) in [6.07, 6.45) is 0.972. The van der Waals surface area contributed by atoms with E-state index in [4.69, 9.17) is 4.74 Å². The van der Waals surface area contributed by atoms with Crippen LogP contribution in [-0.4, -0.2) is 39.9 Å². The van der Waals surface area contributed by atoms with Crippen molar-refractivity contribution in [2.24, 2.45) is 29.6 Å². The Bertz CT molecular complexity index is 1310. The number of ether oxygens (including phenoxy) is 1. The minimum absolute atomic E-state index is 0.0921. The first kappa shape index (κ1) is 24.8. The number of carbonyl (C=O) groups excluding carboxylic acids is 4. The van der Waals surface area contributed by atoms with Crippen molar-refractivity contribution in [1.82, 2.24) is 0 Å². The number of rotatable bonds is 4. The Balaban J connectivity index is 1.16. The molecule has 2 aromatic carbocycles. The summed E-state index contributed by atoms with van der Waals surface area (Å²) in [4.78, 5) is 55.5. The van der Waals surface area contributed by atoms with Crippen LogP contribution in [0.25, 0.3) is 0 Å². The maximum atomic E-state index is 13.4. The van der Waals surface area contributed by atoms with Gasteiger partial charge in [0.05, 0.1) is 23.4 Å². The standard InChI is InChI=1S/C28H26Br2N2O5/c1-13-4-3-5-16(8-13)31-12-15(10-21(31)33)28(36)37-17-6-7-20(14(2)9-17)32-26(34)22-18-11-19(23(22)27(32)35)25(30)24(18)29/h3-9,15,18-19,22-25H,10-12H2,1-2H3/t15-,18-,19-,22-,23-,24+,25+/m1/s1. The van der Waals surface area contributed by atoms with Gasteiger partial charge in [0.2, 0.25) is 17.7 Å². The number of anilines is 2. The third kappa shape index (κ3) is 3.88. The molecule has 7 atom stereocenters. The molecule has 37 heavy (non-hydrogen) atoms. The zero-order valence-electron chi connectivity index (χ0n) is 20.4. The Labute approximate surface area is 231 Å². The van der Waals surface area contributed by atoms with Crippen LogP contribution in [0, 0.1) is 43.4 Å². The number of carbonyl (C=O) groups is 4. The fourth-order valence-corrected chi connectivity index (χ4v) is 8.51. The molecule has 6 rings (SSSR count). The van der Waals surface area contributed by atoms with Crippen molar-refractivity contribution in [3.05, 3.63) is 53.6 Å². The van der Waals surface area contributed by atoms with Crippen LogP contribution in [0.2, 0.25) is 0 Å². The number of halogens is 2. The lowest BCUT2D eigenvalue weighted by Crippen LogP contribution is -2.37. The number of esters is 1. The number of benzene rings is 2. The highest BCUT2D eigenvalue weighted by molar-refractivity contribution is 9.12. The first-order valence-electron chi connectivity index (χ1n) is 12.5. The zero-order chi connectivity index (χ0) is 26.2. The van der Waals surface area contributed by atoms with Crippen molar-refractivity contribution in [1.29, 1.82) is 0 Å². The highest BCUT2D eigenvalue weighted by Crippen LogP contribution is 2.60. The van der Waals surface area contributed by atoms with E-state index in [-0.39, 0.29) is 64.0 Å². The number of fused-ring (bicyclic) bond motifs is 5. The van der Waals surface area contributed by atoms with Gasteiger partial charge in [-0.05, 0) is 73.6 Å².